The molecule has 106 valence electrons. The number of ether oxygens (including phenoxy) is 1. The van der Waals surface area contributed by atoms with E-state index in [0.717, 1.165) is 0 Å². The molecule has 0 amide bonds. The maximum absolute atomic E-state index is 12.1. The summed E-state index contributed by atoms with van der Waals surface area (Å²) in [4.78, 5) is 0. The van der Waals surface area contributed by atoms with Crippen molar-refractivity contribution in [2.75, 3.05) is 19.7 Å². The highest BCUT2D eigenvalue weighted by Gasteiger charge is 2.33. The monoisotopic (exact) mass is 280 g/mol. The zero-order chi connectivity index (χ0) is 14.0. The first-order valence-electron chi connectivity index (χ1n) is 5.54. The highest BCUT2D eigenvalue weighted by atomic mass is 32.2. The minimum Gasteiger partial charge on any atom is -0.409 e. The summed E-state index contributed by atoms with van der Waals surface area (Å²) in [6, 6.07) is 0. The summed E-state index contributed by atoms with van der Waals surface area (Å²) in [5.74, 6) is -0.134. The Hall–Kier alpha value is -0.900. The van der Waals surface area contributed by atoms with E-state index in [1.807, 2.05) is 0 Å². The first kappa shape index (κ1) is 15.2. The van der Waals surface area contributed by atoms with Gasteiger partial charge in [-0.1, -0.05) is 5.16 Å². The van der Waals surface area contributed by atoms with Crippen molar-refractivity contribution in [3.8, 4) is 0 Å². The Morgan fingerprint density at radius 3 is 2.67 bits per heavy atom. The minimum atomic E-state index is -3.60. The van der Waals surface area contributed by atoms with Crippen molar-refractivity contribution < 1.29 is 18.4 Å². The van der Waals surface area contributed by atoms with Gasteiger partial charge in [0.25, 0.3) is 10.2 Å². The lowest BCUT2D eigenvalue weighted by molar-refractivity contribution is 0.0347. The average molecular weight is 280 g/mol. The van der Waals surface area contributed by atoms with E-state index in [1.54, 1.807) is 20.8 Å². The van der Waals surface area contributed by atoms with Crippen molar-refractivity contribution in [1.29, 1.82) is 0 Å². The van der Waals surface area contributed by atoms with Crippen LogP contribution in [0.15, 0.2) is 5.16 Å². The first-order valence-corrected chi connectivity index (χ1v) is 6.98. The van der Waals surface area contributed by atoms with Crippen LogP contribution in [0.4, 0.5) is 0 Å². The molecular formula is C9H20N4O4S. The van der Waals surface area contributed by atoms with Gasteiger partial charge in [-0.2, -0.15) is 17.4 Å². The van der Waals surface area contributed by atoms with Crippen LogP contribution in [0.3, 0.4) is 0 Å². The van der Waals surface area contributed by atoms with Crippen LogP contribution >= 0.6 is 0 Å². The highest BCUT2D eigenvalue weighted by molar-refractivity contribution is 7.87. The van der Waals surface area contributed by atoms with Crippen LogP contribution in [-0.2, 0) is 14.9 Å². The van der Waals surface area contributed by atoms with Gasteiger partial charge in [0.2, 0.25) is 0 Å². The molecule has 1 fully saturated rings. The number of nitrogens with zero attached hydrogens (tertiary/aromatic N) is 2. The Morgan fingerprint density at radius 1 is 1.56 bits per heavy atom. The van der Waals surface area contributed by atoms with E-state index in [4.69, 9.17) is 15.7 Å². The summed E-state index contributed by atoms with van der Waals surface area (Å²) < 4.78 is 33.2. The summed E-state index contributed by atoms with van der Waals surface area (Å²) in [7, 11) is -3.60. The Labute approximate surface area is 107 Å². The lowest BCUT2D eigenvalue weighted by atomic mass is 10.1. The summed E-state index contributed by atoms with van der Waals surface area (Å²) in [6.45, 7) is 5.73. The quantitative estimate of drug-likeness (QED) is 0.267. The molecule has 1 rings (SSSR count). The second kappa shape index (κ2) is 5.39. The number of morpholine rings is 1. The van der Waals surface area contributed by atoms with E-state index in [-0.39, 0.29) is 25.5 Å². The van der Waals surface area contributed by atoms with Crippen LogP contribution in [0.2, 0.25) is 0 Å². The van der Waals surface area contributed by atoms with E-state index in [0.29, 0.717) is 0 Å². The predicted octanol–water partition coefficient (Wildman–Crippen LogP) is -0.933. The maximum Gasteiger partial charge on any atom is 0.280 e. The van der Waals surface area contributed by atoms with Gasteiger partial charge in [-0.15, -0.1) is 0 Å². The topological polar surface area (TPSA) is 117 Å². The van der Waals surface area contributed by atoms with Gasteiger partial charge >= 0.3 is 0 Å². The molecular weight excluding hydrogens is 260 g/mol. The SMILES string of the molecule is CC(C)(C)NS(=O)(=O)N1CCOC(C(N)=NO)C1. The molecule has 1 aliphatic heterocycles. The molecule has 0 bridgehead atoms. The lowest BCUT2D eigenvalue weighted by Crippen LogP contribution is -2.56. The zero-order valence-electron chi connectivity index (χ0n) is 10.8. The largest absolute Gasteiger partial charge is 0.409 e. The molecule has 1 heterocycles. The molecule has 0 aromatic rings. The third kappa shape index (κ3) is 4.09. The van der Waals surface area contributed by atoms with Crippen molar-refractivity contribution >= 4 is 16.0 Å². The fraction of sp³-hybridized carbons (Fsp3) is 0.889. The number of nitrogens with one attached hydrogen (secondary N) is 1. The van der Waals surface area contributed by atoms with E-state index in [2.05, 4.69) is 9.88 Å². The number of oxime groups is 1. The summed E-state index contributed by atoms with van der Waals surface area (Å²) >= 11 is 0. The van der Waals surface area contributed by atoms with Crippen molar-refractivity contribution in [2.24, 2.45) is 10.9 Å². The average Bonchev–Trinajstić information content (AvgIpc) is 2.25. The Balaban J connectivity index is 2.78. The molecule has 0 radical (unpaired) electrons. The molecule has 1 saturated heterocycles. The third-order valence-corrected chi connectivity index (χ3v) is 4.13. The molecule has 0 spiro atoms. The number of nitrogens with two attached hydrogens (primary N) is 1. The molecule has 0 aromatic carbocycles. The number of hydrogen-bond acceptors (Lipinski definition) is 5. The lowest BCUT2D eigenvalue weighted by Gasteiger charge is -2.33. The molecule has 0 saturated carbocycles. The zero-order valence-corrected chi connectivity index (χ0v) is 11.6. The molecule has 9 heteroatoms. The van der Waals surface area contributed by atoms with Crippen LogP contribution in [-0.4, -0.2) is 55.1 Å². The fourth-order valence-electron chi connectivity index (χ4n) is 1.54. The van der Waals surface area contributed by atoms with Gasteiger partial charge in [0.15, 0.2) is 5.84 Å². The molecule has 1 unspecified atom stereocenters. The van der Waals surface area contributed by atoms with E-state index < -0.39 is 21.9 Å². The molecule has 1 aliphatic rings. The van der Waals surface area contributed by atoms with E-state index in [9.17, 15) is 8.42 Å². The fourth-order valence-corrected chi connectivity index (χ4v) is 3.09. The molecule has 1 atom stereocenters. The van der Waals surface area contributed by atoms with Gasteiger partial charge in [0.05, 0.1) is 6.61 Å². The van der Waals surface area contributed by atoms with Crippen molar-refractivity contribution in [3.05, 3.63) is 0 Å². The van der Waals surface area contributed by atoms with Gasteiger partial charge in [-0.3, -0.25) is 0 Å². The number of amidine groups is 1. The predicted molar refractivity (Wildman–Crippen MR) is 66.5 cm³/mol. The van der Waals surface area contributed by atoms with Crippen LogP contribution < -0.4 is 10.5 Å². The van der Waals surface area contributed by atoms with E-state index >= 15 is 0 Å². The third-order valence-electron chi connectivity index (χ3n) is 2.25. The summed E-state index contributed by atoms with van der Waals surface area (Å²) in [5, 5.41) is 11.4. The molecule has 8 nitrogen and oxygen atoms in total. The molecule has 0 aliphatic carbocycles. The van der Waals surface area contributed by atoms with Gasteiger partial charge in [0, 0.05) is 18.6 Å². The van der Waals surface area contributed by atoms with Crippen molar-refractivity contribution in [3.63, 3.8) is 0 Å². The smallest absolute Gasteiger partial charge is 0.280 e. The Bertz CT molecular complexity index is 415. The second-order valence-corrected chi connectivity index (χ2v) is 6.77. The number of rotatable bonds is 3. The molecule has 0 aromatic heterocycles. The van der Waals surface area contributed by atoms with Crippen LogP contribution in [0.5, 0.6) is 0 Å². The maximum atomic E-state index is 12.1. The molecule has 18 heavy (non-hydrogen) atoms. The van der Waals surface area contributed by atoms with Gasteiger partial charge in [-0.25, -0.2) is 0 Å². The van der Waals surface area contributed by atoms with Gasteiger partial charge in [-0.05, 0) is 20.8 Å². The van der Waals surface area contributed by atoms with Gasteiger partial charge < -0.3 is 15.7 Å². The molecule has 4 N–H and O–H groups in total. The summed E-state index contributed by atoms with van der Waals surface area (Å²) in [6.07, 6.45) is -0.722. The summed E-state index contributed by atoms with van der Waals surface area (Å²) in [5.41, 5.74) is 4.85. The van der Waals surface area contributed by atoms with Crippen molar-refractivity contribution in [1.82, 2.24) is 9.03 Å². The normalized spacial score (nSPS) is 24.2. The van der Waals surface area contributed by atoms with Crippen LogP contribution in [0.25, 0.3) is 0 Å². The Kier molecular flexibility index (Phi) is 4.54. The van der Waals surface area contributed by atoms with Crippen LogP contribution in [0, 0.1) is 0 Å². The van der Waals surface area contributed by atoms with E-state index in [1.165, 1.54) is 4.31 Å². The van der Waals surface area contributed by atoms with Crippen LogP contribution in [0.1, 0.15) is 20.8 Å². The Morgan fingerprint density at radius 2 is 2.17 bits per heavy atom. The minimum absolute atomic E-state index is 0.0291. The first-order chi connectivity index (χ1) is 8.15. The highest BCUT2D eigenvalue weighted by Crippen LogP contribution is 2.12. The van der Waals surface area contributed by atoms with Gasteiger partial charge in [0.1, 0.15) is 6.10 Å². The van der Waals surface area contributed by atoms with Crippen molar-refractivity contribution in [2.45, 2.75) is 32.4 Å². The standard InChI is InChI=1S/C9H20N4O4S/c1-9(2,3)12-18(15,16)13-4-5-17-7(6-13)8(10)11-14/h7,12,14H,4-6H2,1-3H3,(H2,10,11). The number of hydrogen-bond donors (Lipinski definition) is 3. The second-order valence-electron chi connectivity index (χ2n) is 5.10.